The Hall–Kier alpha value is -2.77. The lowest BCUT2D eigenvalue weighted by Gasteiger charge is -2.08. The van der Waals surface area contributed by atoms with Gasteiger partial charge >= 0.3 is 5.63 Å². The third-order valence-electron chi connectivity index (χ3n) is 4.00. The van der Waals surface area contributed by atoms with Crippen molar-refractivity contribution in [3.05, 3.63) is 75.9 Å². The van der Waals surface area contributed by atoms with Crippen molar-refractivity contribution in [2.24, 2.45) is 0 Å². The number of hydrogen-bond donors (Lipinski definition) is 0. The lowest BCUT2D eigenvalue weighted by atomic mass is 10.1. The largest absolute Gasteiger partial charge is 0.497 e. The highest BCUT2D eigenvalue weighted by atomic mass is 35.5. The van der Waals surface area contributed by atoms with Gasteiger partial charge in [-0.25, -0.2) is 4.79 Å². The number of aromatic nitrogens is 3. The molecule has 8 heteroatoms. The summed E-state index contributed by atoms with van der Waals surface area (Å²) in [5, 5.41) is 10.4. The number of rotatable bonds is 5. The Balaban J connectivity index is 1.65. The number of halogens is 1. The van der Waals surface area contributed by atoms with Crippen LogP contribution in [0.4, 0.5) is 0 Å². The van der Waals surface area contributed by atoms with Crippen LogP contribution in [-0.2, 0) is 5.75 Å². The normalized spacial score (nSPS) is 11.0. The third-order valence-corrected chi connectivity index (χ3v) is 5.22. The minimum Gasteiger partial charge on any atom is -0.497 e. The van der Waals surface area contributed by atoms with Crippen molar-refractivity contribution in [3.63, 3.8) is 0 Å². The Morgan fingerprint density at radius 3 is 2.93 bits per heavy atom. The second-order valence-corrected chi connectivity index (χ2v) is 7.08. The predicted octanol–water partition coefficient (Wildman–Crippen LogP) is 4.33. The molecular formula is C19H14ClN3O3S. The van der Waals surface area contributed by atoms with E-state index in [-0.39, 0.29) is 0 Å². The molecule has 2 heterocycles. The molecule has 6 nitrogen and oxygen atoms in total. The molecule has 0 aliphatic rings. The first-order valence-electron chi connectivity index (χ1n) is 8.03. The quantitative estimate of drug-likeness (QED) is 0.367. The van der Waals surface area contributed by atoms with Crippen LogP contribution in [0.2, 0.25) is 5.02 Å². The molecule has 0 saturated heterocycles. The van der Waals surface area contributed by atoms with Crippen molar-refractivity contribution < 1.29 is 9.15 Å². The van der Waals surface area contributed by atoms with E-state index in [1.807, 2.05) is 41.0 Å². The molecule has 2 aromatic heterocycles. The number of fused-ring (bicyclic) bond motifs is 1. The zero-order valence-corrected chi connectivity index (χ0v) is 15.8. The highest BCUT2D eigenvalue weighted by Crippen LogP contribution is 2.29. The van der Waals surface area contributed by atoms with E-state index in [1.165, 1.54) is 17.8 Å². The third kappa shape index (κ3) is 3.70. The van der Waals surface area contributed by atoms with Gasteiger partial charge in [0.05, 0.1) is 12.8 Å². The summed E-state index contributed by atoms with van der Waals surface area (Å²) in [6.45, 7) is 0. The fourth-order valence-electron chi connectivity index (χ4n) is 2.72. The van der Waals surface area contributed by atoms with Crippen molar-refractivity contribution in [3.8, 4) is 11.4 Å². The van der Waals surface area contributed by atoms with Gasteiger partial charge in [-0.2, -0.15) is 0 Å². The molecule has 0 fully saturated rings. The van der Waals surface area contributed by atoms with Crippen LogP contribution in [0.3, 0.4) is 0 Å². The summed E-state index contributed by atoms with van der Waals surface area (Å²) in [5.74, 6) is 1.17. The van der Waals surface area contributed by atoms with Gasteiger partial charge in [-0.1, -0.05) is 29.4 Å². The fraction of sp³-hybridized carbons (Fsp3) is 0.105. The highest BCUT2D eigenvalue weighted by Gasteiger charge is 2.11. The van der Waals surface area contributed by atoms with Gasteiger partial charge in [-0.15, -0.1) is 10.2 Å². The Morgan fingerprint density at radius 1 is 1.22 bits per heavy atom. The van der Waals surface area contributed by atoms with E-state index < -0.39 is 5.63 Å². The van der Waals surface area contributed by atoms with E-state index >= 15 is 0 Å². The number of hydrogen-bond acceptors (Lipinski definition) is 6. The molecule has 0 aliphatic heterocycles. The maximum absolute atomic E-state index is 11.9. The monoisotopic (exact) mass is 399 g/mol. The van der Waals surface area contributed by atoms with Crippen LogP contribution in [0.5, 0.6) is 5.75 Å². The van der Waals surface area contributed by atoms with E-state index in [0.717, 1.165) is 16.6 Å². The maximum atomic E-state index is 11.9. The van der Waals surface area contributed by atoms with E-state index in [9.17, 15) is 4.79 Å². The number of methoxy groups -OCH3 is 1. The number of ether oxygens (including phenoxy) is 1. The van der Waals surface area contributed by atoms with Crippen LogP contribution in [-0.4, -0.2) is 21.9 Å². The number of benzene rings is 2. The van der Waals surface area contributed by atoms with Gasteiger partial charge in [0.15, 0.2) is 5.16 Å². The molecular weight excluding hydrogens is 386 g/mol. The summed E-state index contributed by atoms with van der Waals surface area (Å²) in [6, 6.07) is 14.4. The smallest absolute Gasteiger partial charge is 0.336 e. The molecule has 2 aromatic carbocycles. The molecule has 4 rings (SSSR count). The first kappa shape index (κ1) is 17.6. The average Bonchev–Trinajstić information content (AvgIpc) is 3.14. The van der Waals surface area contributed by atoms with Gasteiger partial charge < -0.3 is 9.15 Å². The topological polar surface area (TPSA) is 70.2 Å². The Kier molecular flexibility index (Phi) is 4.87. The van der Waals surface area contributed by atoms with Gasteiger partial charge in [-0.3, -0.25) is 4.57 Å². The molecule has 27 heavy (non-hydrogen) atoms. The van der Waals surface area contributed by atoms with E-state index in [4.69, 9.17) is 20.8 Å². The van der Waals surface area contributed by atoms with Crippen molar-refractivity contribution in [2.45, 2.75) is 10.9 Å². The molecule has 0 amide bonds. The Morgan fingerprint density at radius 2 is 2.11 bits per heavy atom. The molecule has 0 radical (unpaired) electrons. The molecule has 0 N–H and O–H groups in total. The van der Waals surface area contributed by atoms with Crippen molar-refractivity contribution in [1.82, 2.24) is 14.8 Å². The van der Waals surface area contributed by atoms with E-state index in [2.05, 4.69) is 10.2 Å². The second-order valence-electron chi connectivity index (χ2n) is 5.70. The lowest BCUT2D eigenvalue weighted by Crippen LogP contribution is -2.01. The van der Waals surface area contributed by atoms with Crippen molar-refractivity contribution in [1.29, 1.82) is 0 Å². The fourth-order valence-corrected chi connectivity index (χ4v) is 3.83. The molecule has 0 unspecified atom stereocenters. The van der Waals surface area contributed by atoms with Crippen LogP contribution in [0.25, 0.3) is 16.7 Å². The van der Waals surface area contributed by atoms with Crippen molar-refractivity contribution in [2.75, 3.05) is 7.11 Å². The molecule has 4 aromatic rings. The van der Waals surface area contributed by atoms with Gasteiger partial charge in [-0.05, 0) is 35.9 Å². The second kappa shape index (κ2) is 7.46. The molecule has 136 valence electrons. The molecule has 0 atom stereocenters. The molecule has 0 bridgehead atoms. The summed E-state index contributed by atoms with van der Waals surface area (Å²) < 4.78 is 12.3. The SMILES string of the molecule is COc1ccc2c(CSc3nncn3-c3cccc(Cl)c3)cc(=O)oc2c1. The number of nitrogens with zero attached hydrogens (tertiary/aromatic N) is 3. The van der Waals surface area contributed by atoms with Gasteiger partial charge in [0.25, 0.3) is 0 Å². The zero-order chi connectivity index (χ0) is 18.8. The highest BCUT2D eigenvalue weighted by molar-refractivity contribution is 7.98. The maximum Gasteiger partial charge on any atom is 0.336 e. The zero-order valence-electron chi connectivity index (χ0n) is 14.3. The summed E-state index contributed by atoms with van der Waals surface area (Å²) in [4.78, 5) is 11.9. The minimum absolute atomic E-state index is 0.400. The van der Waals surface area contributed by atoms with Crippen LogP contribution in [0.15, 0.2) is 69.2 Å². The van der Waals surface area contributed by atoms with Gasteiger partial charge in [0.1, 0.15) is 17.7 Å². The summed E-state index contributed by atoms with van der Waals surface area (Å²) in [6.07, 6.45) is 1.64. The summed E-state index contributed by atoms with van der Waals surface area (Å²) in [5.41, 5.74) is 1.82. The molecule has 0 spiro atoms. The summed E-state index contributed by atoms with van der Waals surface area (Å²) in [7, 11) is 1.57. The van der Waals surface area contributed by atoms with Gasteiger partial charge in [0, 0.05) is 28.3 Å². The summed E-state index contributed by atoms with van der Waals surface area (Å²) >= 11 is 7.55. The van der Waals surface area contributed by atoms with Crippen LogP contribution in [0, 0.1) is 0 Å². The first-order valence-corrected chi connectivity index (χ1v) is 9.40. The first-order chi connectivity index (χ1) is 13.1. The molecule has 0 saturated carbocycles. The van der Waals surface area contributed by atoms with Crippen LogP contribution < -0.4 is 10.4 Å². The van der Waals surface area contributed by atoms with Crippen LogP contribution in [0.1, 0.15) is 5.56 Å². The van der Waals surface area contributed by atoms with Gasteiger partial charge in [0.2, 0.25) is 0 Å². The lowest BCUT2D eigenvalue weighted by molar-refractivity contribution is 0.414. The molecule has 0 aliphatic carbocycles. The average molecular weight is 400 g/mol. The van der Waals surface area contributed by atoms with Crippen molar-refractivity contribution >= 4 is 34.3 Å². The Bertz CT molecular complexity index is 1170. The van der Waals surface area contributed by atoms with E-state index in [1.54, 1.807) is 19.5 Å². The standard InChI is InChI=1S/C19H14ClN3O3S/c1-25-15-5-6-16-12(7-18(24)26-17(16)9-15)10-27-19-22-21-11-23(19)14-4-2-3-13(20)8-14/h2-9,11H,10H2,1H3. The van der Waals surface area contributed by atoms with E-state index in [0.29, 0.717) is 27.3 Å². The number of thioether (sulfide) groups is 1. The predicted molar refractivity (Wildman–Crippen MR) is 105 cm³/mol. The Labute approximate surface area is 163 Å². The minimum atomic E-state index is -0.400. The van der Waals surface area contributed by atoms with Crippen LogP contribution >= 0.6 is 23.4 Å².